The van der Waals surface area contributed by atoms with Gasteiger partial charge in [-0.1, -0.05) is 41.9 Å². The third kappa shape index (κ3) is 4.99. The molecule has 4 rings (SSSR count). The van der Waals surface area contributed by atoms with Crippen molar-refractivity contribution in [2.75, 3.05) is 16.8 Å². The van der Waals surface area contributed by atoms with E-state index in [1.165, 1.54) is 18.2 Å². The van der Waals surface area contributed by atoms with Crippen LogP contribution in [0.25, 0.3) is 0 Å². The summed E-state index contributed by atoms with van der Waals surface area (Å²) in [5, 5.41) is 13.3. The Balaban J connectivity index is 1.45. The number of hydrogen-bond donors (Lipinski definition) is 1. The smallest absolute Gasteiger partial charge is 0.340 e. The number of para-hydroxylation sites is 2. The molecule has 1 N–H and O–H groups in total. The highest BCUT2D eigenvalue weighted by Crippen LogP contribution is 2.32. The Morgan fingerprint density at radius 2 is 1.80 bits per heavy atom. The summed E-state index contributed by atoms with van der Waals surface area (Å²) in [7, 11) is 0. The zero-order valence-corrected chi connectivity index (χ0v) is 19.3. The lowest BCUT2D eigenvalue weighted by Crippen LogP contribution is -2.38. The molecule has 0 saturated carbocycles. The number of non-ortho nitro benzene ring substituents is 1. The lowest BCUT2D eigenvalue weighted by molar-refractivity contribution is -0.384. The van der Waals surface area contributed by atoms with Crippen LogP contribution in [0.1, 0.15) is 33.2 Å². The summed E-state index contributed by atoms with van der Waals surface area (Å²) in [5.74, 6) is -1.80. The molecule has 0 fully saturated rings. The molecule has 3 aromatic rings. The molecule has 1 heterocycles. The molecule has 10 heteroatoms. The summed E-state index contributed by atoms with van der Waals surface area (Å²) in [6.07, 6.45) is 0.718. The summed E-state index contributed by atoms with van der Waals surface area (Å²) in [5.41, 5.74) is 1.78. The van der Waals surface area contributed by atoms with Crippen molar-refractivity contribution in [3.8, 4) is 0 Å². The molecule has 0 aliphatic carbocycles. The van der Waals surface area contributed by atoms with Crippen molar-refractivity contribution < 1.29 is 24.0 Å². The number of rotatable bonds is 6. The Morgan fingerprint density at radius 3 is 2.54 bits per heavy atom. The van der Waals surface area contributed by atoms with E-state index in [9.17, 15) is 24.5 Å². The van der Waals surface area contributed by atoms with E-state index >= 15 is 0 Å². The number of amides is 2. The number of nitro benzene ring substituents is 1. The number of benzene rings is 3. The summed E-state index contributed by atoms with van der Waals surface area (Å²) in [6.45, 7) is 1.46. The zero-order chi connectivity index (χ0) is 25.1. The Hall–Kier alpha value is -4.24. The van der Waals surface area contributed by atoms with Crippen molar-refractivity contribution in [2.24, 2.45) is 0 Å². The number of halogens is 1. The number of nitrogens with one attached hydrogen (secondary N) is 1. The fourth-order valence-electron chi connectivity index (χ4n) is 3.98. The lowest BCUT2D eigenvalue weighted by atomic mass is 10.1. The van der Waals surface area contributed by atoms with E-state index < -0.39 is 23.4 Å². The molecule has 178 valence electrons. The second-order valence-electron chi connectivity index (χ2n) is 7.94. The van der Waals surface area contributed by atoms with Crippen LogP contribution in [0.3, 0.4) is 0 Å². The first-order valence-corrected chi connectivity index (χ1v) is 11.1. The van der Waals surface area contributed by atoms with E-state index in [1.54, 1.807) is 17.0 Å². The van der Waals surface area contributed by atoms with Crippen LogP contribution in [-0.4, -0.2) is 35.4 Å². The van der Waals surface area contributed by atoms with Crippen molar-refractivity contribution in [3.63, 3.8) is 0 Å². The molecule has 9 nitrogen and oxygen atoms in total. The fraction of sp³-hybridized carbons (Fsp3) is 0.160. The van der Waals surface area contributed by atoms with Gasteiger partial charge in [-0.25, -0.2) is 4.79 Å². The highest BCUT2D eigenvalue weighted by atomic mass is 35.5. The topological polar surface area (TPSA) is 119 Å². The Kier molecular flexibility index (Phi) is 6.79. The average Bonchev–Trinajstić information content (AvgIpc) is 3.18. The van der Waals surface area contributed by atoms with Crippen LogP contribution in [-0.2, 0) is 16.0 Å². The number of anilines is 2. The van der Waals surface area contributed by atoms with Gasteiger partial charge >= 0.3 is 5.97 Å². The predicted octanol–water partition coefficient (Wildman–Crippen LogP) is 4.64. The first-order valence-electron chi connectivity index (χ1n) is 10.7. The average molecular weight is 494 g/mol. The minimum Gasteiger partial charge on any atom is -0.452 e. The summed E-state index contributed by atoms with van der Waals surface area (Å²) in [6, 6.07) is 17.1. The van der Waals surface area contributed by atoms with Crippen LogP contribution < -0.4 is 10.2 Å². The number of carbonyl (C=O) groups is 3. The molecule has 1 aliphatic heterocycles. The molecule has 0 radical (unpaired) electrons. The minimum atomic E-state index is -0.788. The largest absolute Gasteiger partial charge is 0.452 e. The van der Waals surface area contributed by atoms with Crippen molar-refractivity contribution in [1.29, 1.82) is 0 Å². The second-order valence-corrected chi connectivity index (χ2v) is 8.35. The number of esters is 1. The number of ether oxygens (including phenoxy) is 1. The number of carbonyl (C=O) groups excluding carboxylic acids is 3. The molecule has 35 heavy (non-hydrogen) atoms. The standard InChI is InChI=1S/C25H20ClN3O6/c1-15-12-16-6-2-5-9-22(16)28(15)23(30)14-35-25(32)19-7-3-4-8-21(19)27-24(31)18-11-10-17(29(33)34)13-20(18)26/h2-11,13,15H,12,14H2,1H3,(H,27,31). The zero-order valence-electron chi connectivity index (χ0n) is 18.6. The van der Waals surface area contributed by atoms with Crippen LogP contribution in [0.4, 0.5) is 17.1 Å². The van der Waals surface area contributed by atoms with Crippen LogP contribution in [0.2, 0.25) is 5.02 Å². The molecular weight excluding hydrogens is 474 g/mol. The molecule has 3 aromatic carbocycles. The van der Waals surface area contributed by atoms with Crippen molar-refractivity contribution in [2.45, 2.75) is 19.4 Å². The monoisotopic (exact) mass is 493 g/mol. The molecule has 1 atom stereocenters. The number of nitro groups is 1. The number of nitrogens with zero attached hydrogens (tertiary/aromatic N) is 2. The van der Waals surface area contributed by atoms with Gasteiger partial charge in [0.25, 0.3) is 17.5 Å². The van der Waals surface area contributed by atoms with E-state index in [4.69, 9.17) is 16.3 Å². The molecule has 1 unspecified atom stereocenters. The third-order valence-corrected chi connectivity index (χ3v) is 5.92. The second kappa shape index (κ2) is 9.94. The lowest BCUT2D eigenvalue weighted by Gasteiger charge is -2.22. The Morgan fingerprint density at radius 1 is 1.09 bits per heavy atom. The van der Waals surface area contributed by atoms with E-state index in [-0.39, 0.29) is 39.5 Å². The van der Waals surface area contributed by atoms with E-state index in [0.717, 1.165) is 29.8 Å². The van der Waals surface area contributed by atoms with Gasteiger partial charge in [-0.2, -0.15) is 0 Å². The van der Waals surface area contributed by atoms with E-state index in [2.05, 4.69) is 5.32 Å². The maximum absolute atomic E-state index is 12.8. The number of hydrogen-bond acceptors (Lipinski definition) is 6. The quantitative estimate of drug-likeness (QED) is 0.303. The number of fused-ring (bicyclic) bond motifs is 1. The van der Waals surface area contributed by atoms with Crippen molar-refractivity contribution >= 4 is 46.4 Å². The Labute approximate surface area is 205 Å². The van der Waals surface area contributed by atoms with E-state index in [1.807, 2.05) is 31.2 Å². The molecular formula is C25H20ClN3O6. The normalized spacial score (nSPS) is 14.2. The molecule has 2 amide bonds. The Bertz CT molecular complexity index is 1340. The molecule has 0 saturated heterocycles. The van der Waals surface area contributed by atoms with Crippen molar-refractivity contribution in [1.82, 2.24) is 0 Å². The maximum atomic E-state index is 12.8. The molecule has 1 aliphatic rings. The molecule has 0 bridgehead atoms. The SMILES string of the molecule is CC1Cc2ccccc2N1C(=O)COC(=O)c1ccccc1NC(=O)c1ccc([N+](=O)[O-])cc1Cl. The van der Waals surface area contributed by atoms with Gasteiger partial charge in [0.05, 0.1) is 26.8 Å². The van der Waals surface area contributed by atoms with Crippen LogP contribution in [0, 0.1) is 10.1 Å². The summed E-state index contributed by atoms with van der Waals surface area (Å²) < 4.78 is 5.28. The van der Waals surface area contributed by atoms with Crippen molar-refractivity contribution in [3.05, 3.63) is 98.6 Å². The molecule has 0 spiro atoms. The van der Waals surface area contributed by atoms with Gasteiger partial charge in [-0.05, 0) is 43.2 Å². The van der Waals surface area contributed by atoms with Gasteiger partial charge in [0.1, 0.15) is 0 Å². The van der Waals surface area contributed by atoms with Gasteiger partial charge in [0.15, 0.2) is 6.61 Å². The van der Waals surface area contributed by atoms with Crippen LogP contribution in [0.15, 0.2) is 66.7 Å². The van der Waals surface area contributed by atoms with Crippen LogP contribution >= 0.6 is 11.6 Å². The van der Waals surface area contributed by atoms with Gasteiger partial charge < -0.3 is 15.0 Å². The first-order chi connectivity index (χ1) is 16.8. The van der Waals surface area contributed by atoms with Gasteiger partial charge in [0.2, 0.25) is 0 Å². The highest BCUT2D eigenvalue weighted by molar-refractivity contribution is 6.34. The first kappa shape index (κ1) is 23.9. The minimum absolute atomic E-state index is 0.00250. The third-order valence-electron chi connectivity index (χ3n) is 5.61. The summed E-state index contributed by atoms with van der Waals surface area (Å²) >= 11 is 6.03. The summed E-state index contributed by atoms with van der Waals surface area (Å²) in [4.78, 5) is 50.2. The van der Waals surface area contributed by atoms with Gasteiger partial charge in [-0.3, -0.25) is 19.7 Å². The van der Waals surface area contributed by atoms with Crippen LogP contribution in [0.5, 0.6) is 0 Å². The van der Waals surface area contributed by atoms with Gasteiger partial charge in [0, 0.05) is 23.9 Å². The van der Waals surface area contributed by atoms with E-state index in [0.29, 0.717) is 0 Å². The van der Waals surface area contributed by atoms with Gasteiger partial charge in [-0.15, -0.1) is 0 Å². The maximum Gasteiger partial charge on any atom is 0.340 e. The highest BCUT2D eigenvalue weighted by Gasteiger charge is 2.31. The molecule has 0 aromatic heterocycles. The predicted molar refractivity (Wildman–Crippen MR) is 130 cm³/mol. The fourth-order valence-corrected chi connectivity index (χ4v) is 4.24.